The highest BCUT2D eigenvalue weighted by Crippen LogP contribution is 2.20. The van der Waals surface area contributed by atoms with Crippen LogP contribution in [-0.4, -0.2) is 47.9 Å². The minimum atomic E-state index is -0.167. The Hall–Kier alpha value is -1.59. The fourth-order valence-corrected chi connectivity index (χ4v) is 3.31. The first-order valence-electron chi connectivity index (χ1n) is 9.00. The molecule has 1 atom stereocenters. The van der Waals surface area contributed by atoms with E-state index >= 15 is 0 Å². The maximum absolute atomic E-state index is 12.7. The van der Waals surface area contributed by atoms with E-state index in [1.54, 1.807) is 0 Å². The summed E-state index contributed by atoms with van der Waals surface area (Å²) in [7, 11) is 0. The lowest BCUT2D eigenvalue weighted by molar-refractivity contribution is 0.0595. The zero-order valence-corrected chi connectivity index (χ0v) is 17.5. The lowest BCUT2D eigenvalue weighted by Crippen LogP contribution is -2.50. The molecule has 1 heterocycles. The molecule has 2 aromatic rings. The Morgan fingerprint density at radius 2 is 1.37 bits per heavy atom. The Morgan fingerprint density at radius 1 is 0.852 bits per heavy atom. The van der Waals surface area contributed by atoms with Gasteiger partial charge in [0.05, 0.1) is 6.04 Å². The number of benzene rings is 2. The molecule has 0 aromatic heterocycles. The van der Waals surface area contributed by atoms with Gasteiger partial charge in [0, 0.05) is 37.8 Å². The molecule has 1 unspecified atom stereocenters. The van der Waals surface area contributed by atoms with Crippen molar-refractivity contribution in [1.29, 1.82) is 0 Å². The molecular formula is C21H29Cl2N3O. The van der Waals surface area contributed by atoms with E-state index in [4.69, 9.17) is 5.73 Å². The van der Waals surface area contributed by atoms with Crippen LogP contribution in [0.2, 0.25) is 0 Å². The van der Waals surface area contributed by atoms with Gasteiger partial charge < -0.3 is 10.6 Å². The Balaban J connectivity index is 0.00000182. The summed E-state index contributed by atoms with van der Waals surface area (Å²) in [5.41, 5.74) is 9.16. The molecule has 0 aliphatic carbocycles. The first-order valence-corrected chi connectivity index (χ1v) is 9.00. The molecule has 27 heavy (non-hydrogen) atoms. The van der Waals surface area contributed by atoms with Gasteiger partial charge in [-0.2, -0.15) is 0 Å². The van der Waals surface area contributed by atoms with Gasteiger partial charge in [-0.05, 0) is 37.1 Å². The van der Waals surface area contributed by atoms with Crippen molar-refractivity contribution in [2.75, 3.05) is 26.2 Å². The highest BCUT2D eigenvalue weighted by molar-refractivity contribution is 5.94. The smallest absolute Gasteiger partial charge is 0.253 e. The number of nitrogens with zero attached hydrogens (tertiary/aromatic N) is 2. The van der Waals surface area contributed by atoms with Gasteiger partial charge in [-0.3, -0.25) is 9.69 Å². The normalized spacial score (nSPS) is 15.6. The second kappa shape index (κ2) is 10.7. The third-order valence-corrected chi connectivity index (χ3v) is 5.01. The van der Waals surface area contributed by atoms with E-state index < -0.39 is 0 Å². The lowest BCUT2D eigenvalue weighted by Gasteiger charge is -2.37. The van der Waals surface area contributed by atoms with Crippen LogP contribution < -0.4 is 5.73 Å². The highest BCUT2D eigenvalue weighted by Gasteiger charge is 2.23. The second-order valence-electron chi connectivity index (χ2n) is 6.93. The average Bonchev–Trinajstić information content (AvgIpc) is 2.67. The standard InChI is InChI=1S/C21H27N3O.2ClH/c1-16(2)23-12-14-24(15-13-23)21(25)19-10-8-18(9-11-19)20(22)17-6-4-3-5-7-17;;/h3-11,16,20H,12-15,22H2,1-2H3;2*1H. The monoisotopic (exact) mass is 409 g/mol. The van der Waals surface area contributed by atoms with Gasteiger partial charge in [0.2, 0.25) is 0 Å². The van der Waals surface area contributed by atoms with Crippen molar-refractivity contribution in [3.63, 3.8) is 0 Å². The van der Waals surface area contributed by atoms with E-state index in [2.05, 4.69) is 18.7 Å². The zero-order valence-electron chi connectivity index (χ0n) is 15.9. The summed E-state index contributed by atoms with van der Waals surface area (Å²) in [4.78, 5) is 17.1. The minimum absolute atomic E-state index is 0. The molecule has 148 valence electrons. The van der Waals surface area contributed by atoms with Gasteiger partial charge in [-0.15, -0.1) is 24.8 Å². The Morgan fingerprint density at radius 3 is 1.89 bits per heavy atom. The molecule has 0 saturated carbocycles. The van der Waals surface area contributed by atoms with E-state index in [0.29, 0.717) is 6.04 Å². The number of carbonyl (C=O) groups excluding carboxylic acids is 1. The number of nitrogens with two attached hydrogens (primary N) is 1. The largest absolute Gasteiger partial charge is 0.336 e. The molecule has 0 radical (unpaired) electrons. The van der Waals surface area contributed by atoms with Crippen molar-refractivity contribution in [3.05, 3.63) is 71.3 Å². The van der Waals surface area contributed by atoms with Crippen LogP contribution in [0.5, 0.6) is 0 Å². The molecule has 0 spiro atoms. The number of halogens is 2. The highest BCUT2D eigenvalue weighted by atomic mass is 35.5. The fraction of sp³-hybridized carbons (Fsp3) is 0.381. The van der Waals surface area contributed by atoms with Crippen LogP contribution >= 0.6 is 24.8 Å². The van der Waals surface area contributed by atoms with Crippen molar-refractivity contribution in [3.8, 4) is 0 Å². The number of hydrogen-bond acceptors (Lipinski definition) is 3. The summed E-state index contributed by atoms with van der Waals surface area (Å²) in [6.07, 6.45) is 0. The average molecular weight is 410 g/mol. The van der Waals surface area contributed by atoms with Crippen LogP contribution in [0.4, 0.5) is 0 Å². The predicted molar refractivity (Wildman–Crippen MR) is 116 cm³/mol. The van der Waals surface area contributed by atoms with Crippen molar-refractivity contribution >= 4 is 30.7 Å². The van der Waals surface area contributed by atoms with Gasteiger partial charge >= 0.3 is 0 Å². The van der Waals surface area contributed by atoms with Crippen LogP contribution in [0.1, 0.15) is 41.4 Å². The van der Waals surface area contributed by atoms with Crippen LogP contribution in [0.3, 0.4) is 0 Å². The molecule has 2 N–H and O–H groups in total. The van der Waals surface area contributed by atoms with E-state index in [-0.39, 0.29) is 36.8 Å². The first-order chi connectivity index (χ1) is 12.1. The molecule has 1 aliphatic heterocycles. The number of piperazine rings is 1. The van der Waals surface area contributed by atoms with E-state index in [9.17, 15) is 4.79 Å². The minimum Gasteiger partial charge on any atom is -0.336 e. The second-order valence-corrected chi connectivity index (χ2v) is 6.93. The van der Waals surface area contributed by atoms with Gasteiger partial charge in [0.15, 0.2) is 0 Å². The maximum atomic E-state index is 12.7. The zero-order chi connectivity index (χ0) is 17.8. The summed E-state index contributed by atoms with van der Waals surface area (Å²) in [5, 5.41) is 0. The third-order valence-electron chi connectivity index (χ3n) is 5.01. The molecule has 1 saturated heterocycles. The fourth-order valence-electron chi connectivity index (χ4n) is 3.31. The SMILES string of the molecule is CC(C)N1CCN(C(=O)c2ccc(C(N)c3ccccc3)cc2)CC1.Cl.Cl. The first kappa shape index (κ1) is 23.4. The molecule has 3 rings (SSSR count). The molecular weight excluding hydrogens is 381 g/mol. The Labute approximate surface area is 174 Å². The Bertz CT molecular complexity index is 699. The van der Waals surface area contributed by atoms with Gasteiger partial charge in [0.25, 0.3) is 5.91 Å². The van der Waals surface area contributed by atoms with Crippen molar-refractivity contribution < 1.29 is 4.79 Å². The molecule has 1 fully saturated rings. The lowest BCUT2D eigenvalue weighted by atomic mass is 9.98. The van der Waals surface area contributed by atoms with Gasteiger partial charge in [-0.1, -0.05) is 42.5 Å². The van der Waals surface area contributed by atoms with Crippen molar-refractivity contribution in [1.82, 2.24) is 9.80 Å². The predicted octanol–water partition coefficient (Wildman–Crippen LogP) is 3.74. The maximum Gasteiger partial charge on any atom is 0.253 e. The summed E-state index contributed by atoms with van der Waals surface area (Å²) in [6, 6.07) is 18.1. The van der Waals surface area contributed by atoms with Crippen molar-refractivity contribution in [2.24, 2.45) is 5.73 Å². The van der Waals surface area contributed by atoms with Crippen LogP contribution in [0.25, 0.3) is 0 Å². The summed E-state index contributed by atoms with van der Waals surface area (Å²) in [6.45, 7) is 7.88. The quantitative estimate of drug-likeness (QED) is 0.836. The van der Waals surface area contributed by atoms with Crippen LogP contribution in [-0.2, 0) is 0 Å². The molecule has 1 aliphatic rings. The van der Waals surface area contributed by atoms with Crippen LogP contribution in [0.15, 0.2) is 54.6 Å². The molecule has 2 aromatic carbocycles. The Kier molecular flexibility index (Phi) is 9.27. The number of amides is 1. The summed E-state index contributed by atoms with van der Waals surface area (Å²) >= 11 is 0. The summed E-state index contributed by atoms with van der Waals surface area (Å²) < 4.78 is 0. The van der Waals surface area contributed by atoms with Gasteiger partial charge in [0.1, 0.15) is 0 Å². The topological polar surface area (TPSA) is 49.6 Å². The molecule has 4 nitrogen and oxygen atoms in total. The number of rotatable bonds is 4. The van der Waals surface area contributed by atoms with E-state index in [1.165, 1.54) is 0 Å². The summed E-state index contributed by atoms with van der Waals surface area (Å²) in [5.74, 6) is 0.114. The van der Waals surface area contributed by atoms with Crippen LogP contribution in [0, 0.1) is 0 Å². The van der Waals surface area contributed by atoms with E-state index in [0.717, 1.165) is 42.9 Å². The number of carbonyl (C=O) groups is 1. The van der Waals surface area contributed by atoms with Crippen molar-refractivity contribution in [2.45, 2.75) is 25.9 Å². The third kappa shape index (κ3) is 5.69. The molecule has 0 bridgehead atoms. The van der Waals surface area contributed by atoms with Gasteiger partial charge in [-0.25, -0.2) is 0 Å². The molecule has 1 amide bonds. The molecule has 6 heteroatoms. The number of hydrogen-bond donors (Lipinski definition) is 1. The van der Waals surface area contributed by atoms with E-state index in [1.807, 2.05) is 59.5 Å².